The zero-order chi connectivity index (χ0) is 29.4. The van der Waals surface area contributed by atoms with Crippen molar-refractivity contribution in [2.24, 2.45) is 0 Å². The summed E-state index contributed by atoms with van der Waals surface area (Å²) >= 11 is 0. The number of benzene rings is 4. The van der Waals surface area contributed by atoms with Crippen LogP contribution in [0.15, 0.2) is 91.0 Å². The van der Waals surface area contributed by atoms with E-state index >= 15 is 0 Å². The number of anilines is 2. The molecular formula is C33H27N3O7. The molecule has 1 saturated heterocycles. The van der Waals surface area contributed by atoms with Crippen LogP contribution in [0.2, 0.25) is 0 Å². The standard InChI is InChI=1S/C33H27N3O7/c37-30-24-8-4-5-9-25(24)33(43-30)26-12-10-22(34-31(38)36-14-16-40-17-15-36)18-28(26)42-29-19-23(11-13-27(29)33)35-32(39)41-20-21-6-2-1-3-7-21/h1-13,18-19H,14-17,20H2,(H,34,38)(H,35,39). The van der Waals surface area contributed by atoms with Gasteiger partial charge in [-0.05, 0) is 35.9 Å². The van der Waals surface area contributed by atoms with Crippen molar-refractivity contribution in [3.05, 3.63) is 119 Å². The maximum atomic E-state index is 13.1. The number of nitrogens with one attached hydrogen (secondary N) is 2. The van der Waals surface area contributed by atoms with Crippen molar-refractivity contribution < 1.29 is 33.3 Å². The lowest BCUT2D eigenvalue weighted by molar-refractivity contribution is 0.0224. The van der Waals surface area contributed by atoms with Gasteiger partial charge in [-0.2, -0.15) is 0 Å². The molecule has 0 aliphatic carbocycles. The molecule has 1 unspecified atom stereocenters. The summed E-state index contributed by atoms with van der Waals surface area (Å²) in [5.74, 6) is 0.334. The molecule has 1 spiro atoms. The minimum absolute atomic E-state index is 0.121. The molecule has 4 aromatic rings. The van der Waals surface area contributed by atoms with E-state index in [1.165, 1.54) is 0 Å². The largest absolute Gasteiger partial charge is 0.456 e. The maximum absolute atomic E-state index is 13.1. The van der Waals surface area contributed by atoms with Gasteiger partial charge in [0.05, 0.1) is 18.8 Å². The van der Waals surface area contributed by atoms with Crippen LogP contribution in [0.3, 0.4) is 0 Å². The number of nitrogens with zero attached hydrogens (tertiary/aromatic N) is 1. The Bertz CT molecular complexity index is 1740. The molecule has 4 aromatic carbocycles. The zero-order valence-corrected chi connectivity index (χ0v) is 23.0. The van der Waals surface area contributed by atoms with Crippen molar-refractivity contribution in [1.82, 2.24) is 4.90 Å². The molecule has 7 rings (SSSR count). The van der Waals surface area contributed by atoms with Crippen molar-refractivity contribution >= 4 is 29.5 Å². The number of morpholine rings is 1. The van der Waals surface area contributed by atoms with E-state index in [0.717, 1.165) is 5.56 Å². The summed E-state index contributed by atoms with van der Waals surface area (Å²) in [5, 5.41) is 5.67. The van der Waals surface area contributed by atoms with E-state index in [0.29, 0.717) is 71.4 Å². The SMILES string of the molecule is O=C(Nc1ccc2c(c1)Oc1cc(NC(=O)N3CCOCC3)ccc1C21OC(=O)c2ccccc21)OCc1ccccc1. The minimum atomic E-state index is -1.28. The molecule has 0 bridgehead atoms. The highest BCUT2D eigenvalue weighted by atomic mass is 16.6. The molecule has 0 aromatic heterocycles. The molecule has 0 radical (unpaired) electrons. The Morgan fingerprint density at radius 3 is 2.16 bits per heavy atom. The van der Waals surface area contributed by atoms with Gasteiger partial charge in [-0.3, -0.25) is 5.32 Å². The van der Waals surface area contributed by atoms with E-state index in [1.807, 2.05) is 42.5 Å². The van der Waals surface area contributed by atoms with Gasteiger partial charge in [-0.1, -0.05) is 48.5 Å². The van der Waals surface area contributed by atoms with E-state index in [1.54, 1.807) is 53.4 Å². The molecule has 10 heteroatoms. The van der Waals surface area contributed by atoms with Crippen LogP contribution in [-0.2, 0) is 26.4 Å². The first-order valence-corrected chi connectivity index (χ1v) is 13.9. The van der Waals surface area contributed by atoms with Crippen LogP contribution in [0.25, 0.3) is 0 Å². The van der Waals surface area contributed by atoms with Gasteiger partial charge < -0.3 is 29.2 Å². The van der Waals surface area contributed by atoms with Crippen LogP contribution in [0.5, 0.6) is 11.5 Å². The van der Waals surface area contributed by atoms with E-state index in [2.05, 4.69) is 10.6 Å². The molecule has 216 valence electrons. The van der Waals surface area contributed by atoms with Gasteiger partial charge in [0.2, 0.25) is 0 Å². The van der Waals surface area contributed by atoms with Crippen LogP contribution in [0.4, 0.5) is 21.0 Å². The van der Waals surface area contributed by atoms with Crippen LogP contribution >= 0.6 is 0 Å². The normalized spacial score (nSPS) is 18.0. The second-order valence-corrected chi connectivity index (χ2v) is 10.4. The monoisotopic (exact) mass is 577 g/mol. The fraction of sp³-hybridized carbons (Fsp3) is 0.182. The number of carbonyl (C=O) groups excluding carboxylic acids is 3. The van der Waals surface area contributed by atoms with Gasteiger partial charge in [0.25, 0.3) is 0 Å². The van der Waals surface area contributed by atoms with Crippen LogP contribution in [0.1, 0.15) is 32.6 Å². The highest BCUT2D eigenvalue weighted by molar-refractivity contribution is 5.97. The fourth-order valence-electron chi connectivity index (χ4n) is 5.68. The minimum Gasteiger partial charge on any atom is -0.456 e. The quantitative estimate of drug-likeness (QED) is 0.292. The van der Waals surface area contributed by atoms with E-state index in [4.69, 9.17) is 18.9 Å². The Morgan fingerprint density at radius 1 is 0.791 bits per heavy atom. The summed E-state index contributed by atoms with van der Waals surface area (Å²) in [7, 11) is 0. The first-order valence-electron chi connectivity index (χ1n) is 13.9. The molecular weight excluding hydrogens is 550 g/mol. The summed E-state index contributed by atoms with van der Waals surface area (Å²) in [5.41, 5.74) is 2.89. The number of hydrogen-bond donors (Lipinski definition) is 2. The van der Waals surface area contributed by atoms with Crippen molar-refractivity contribution in [2.45, 2.75) is 12.2 Å². The van der Waals surface area contributed by atoms with Crippen molar-refractivity contribution in [3.63, 3.8) is 0 Å². The Labute approximate surface area is 247 Å². The second-order valence-electron chi connectivity index (χ2n) is 10.4. The Balaban J connectivity index is 1.22. The first-order chi connectivity index (χ1) is 21.0. The number of hydrogen-bond acceptors (Lipinski definition) is 7. The highest BCUT2D eigenvalue weighted by Crippen LogP contribution is 2.56. The second kappa shape index (κ2) is 10.8. The molecule has 3 aliphatic heterocycles. The molecule has 3 amide bonds. The summed E-state index contributed by atoms with van der Waals surface area (Å²) in [6, 6.07) is 26.8. The Morgan fingerprint density at radius 2 is 1.44 bits per heavy atom. The molecule has 43 heavy (non-hydrogen) atoms. The molecule has 10 nitrogen and oxygen atoms in total. The number of carbonyl (C=O) groups is 3. The lowest BCUT2D eigenvalue weighted by atomic mass is 9.77. The van der Waals surface area contributed by atoms with Crippen LogP contribution in [-0.4, -0.2) is 49.3 Å². The number of rotatable bonds is 4. The van der Waals surface area contributed by atoms with Gasteiger partial charge >= 0.3 is 18.1 Å². The van der Waals surface area contributed by atoms with Crippen molar-refractivity contribution in [1.29, 1.82) is 0 Å². The molecule has 1 fully saturated rings. The number of amides is 3. The van der Waals surface area contributed by atoms with Crippen molar-refractivity contribution in [2.75, 3.05) is 36.9 Å². The molecule has 1 atom stereocenters. The van der Waals surface area contributed by atoms with E-state index in [-0.39, 0.29) is 12.6 Å². The summed E-state index contributed by atoms with van der Waals surface area (Å²) in [6.45, 7) is 2.10. The molecule has 3 aliphatic rings. The third-order valence-corrected chi connectivity index (χ3v) is 7.72. The molecule has 0 saturated carbocycles. The maximum Gasteiger partial charge on any atom is 0.411 e. The van der Waals surface area contributed by atoms with Crippen molar-refractivity contribution in [3.8, 4) is 11.5 Å². The zero-order valence-electron chi connectivity index (χ0n) is 23.0. The first kappa shape index (κ1) is 26.5. The number of urea groups is 1. The average Bonchev–Trinajstić information content (AvgIpc) is 3.33. The third-order valence-electron chi connectivity index (χ3n) is 7.72. The fourth-order valence-corrected chi connectivity index (χ4v) is 5.68. The molecule has 2 N–H and O–H groups in total. The smallest absolute Gasteiger partial charge is 0.411 e. The van der Waals surface area contributed by atoms with Gasteiger partial charge in [-0.25, -0.2) is 14.4 Å². The number of fused-ring (bicyclic) bond motifs is 6. The summed E-state index contributed by atoms with van der Waals surface area (Å²) < 4.78 is 23.3. The van der Waals surface area contributed by atoms with Gasteiger partial charge in [0.15, 0.2) is 5.60 Å². The van der Waals surface area contributed by atoms with Gasteiger partial charge in [0.1, 0.15) is 18.1 Å². The van der Waals surface area contributed by atoms with Gasteiger partial charge in [-0.15, -0.1) is 0 Å². The van der Waals surface area contributed by atoms with Gasteiger partial charge in [0, 0.05) is 53.3 Å². The van der Waals surface area contributed by atoms with Crippen LogP contribution in [0, 0.1) is 0 Å². The van der Waals surface area contributed by atoms with E-state index in [9.17, 15) is 14.4 Å². The lowest BCUT2D eigenvalue weighted by Crippen LogP contribution is -2.43. The predicted molar refractivity (Wildman–Crippen MR) is 156 cm³/mol. The van der Waals surface area contributed by atoms with Crippen LogP contribution < -0.4 is 15.4 Å². The third kappa shape index (κ3) is 4.81. The predicted octanol–water partition coefficient (Wildman–Crippen LogP) is 5.87. The average molecular weight is 578 g/mol. The highest BCUT2D eigenvalue weighted by Gasteiger charge is 2.53. The lowest BCUT2D eigenvalue weighted by Gasteiger charge is -2.37. The summed E-state index contributed by atoms with van der Waals surface area (Å²) in [6.07, 6.45) is -0.625. The Hall–Kier alpha value is -5.35. The number of ether oxygens (including phenoxy) is 4. The van der Waals surface area contributed by atoms with E-state index < -0.39 is 17.7 Å². The number of esters is 1. The topological polar surface area (TPSA) is 115 Å². The Kier molecular flexibility index (Phi) is 6.67. The summed E-state index contributed by atoms with van der Waals surface area (Å²) in [4.78, 5) is 40.3. The molecule has 3 heterocycles.